The molecule has 0 aliphatic heterocycles. The molecule has 0 amide bonds. The number of hydrogen-bond donors (Lipinski definition) is 0. The molecule has 2 nitrogen and oxygen atoms in total. The average molecular weight is 334 g/mol. The lowest BCUT2D eigenvalue weighted by Crippen LogP contribution is -1.94. The Morgan fingerprint density at radius 2 is 1.68 bits per heavy atom. The molecule has 126 valence electrons. The molecule has 0 heterocycles. The fourth-order valence-electron chi connectivity index (χ4n) is 2.89. The van der Waals surface area contributed by atoms with Crippen molar-refractivity contribution in [2.24, 2.45) is 0 Å². The first-order valence-electron chi connectivity index (χ1n) is 8.14. The van der Waals surface area contributed by atoms with E-state index < -0.39 is 0 Å². The molecule has 0 radical (unpaired) electrons. The number of carbonyl (C=O) groups excluding carboxylic acids is 1. The topological polar surface area (TPSA) is 26.3 Å². The molecule has 0 N–H and O–H groups in total. The molecule has 0 aliphatic rings. The quantitative estimate of drug-likeness (QED) is 0.603. The lowest BCUT2D eigenvalue weighted by atomic mass is 9.97. The van der Waals surface area contributed by atoms with E-state index in [1.165, 1.54) is 12.1 Å². The highest BCUT2D eigenvalue weighted by atomic mass is 19.1. The molecule has 0 spiro atoms. The van der Waals surface area contributed by atoms with Crippen molar-refractivity contribution in [2.75, 3.05) is 7.11 Å². The Labute approximate surface area is 146 Å². The molecule has 0 atom stereocenters. The zero-order chi connectivity index (χ0) is 17.6. The molecule has 3 heteroatoms. The summed E-state index contributed by atoms with van der Waals surface area (Å²) in [6, 6.07) is 20.5. The van der Waals surface area contributed by atoms with Gasteiger partial charge in [-0.15, -0.1) is 0 Å². The van der Waals surface area contributed by atoms with Gasteiger partial charge in [0, 0.05) is 12.0 Å². The minimum Gasteiger partial charge on any atom is -0.496 e. The first kappa shape index (κ1) is 16.9. The van der Waals surface area contributed by atoms with Crippen LogP contribution in [0.2, 0.25) is 0 Å². The van der Waals surface area contributed by atoms with Gasteiger partial charge >= 0.3 is 0 Å². The number of benzene rings is 3. The highest BCUT2D eigenvalue weighted by Crippen LogP contribution is 2.32. The van der Waals surface area contributed by atoms with Crippen molar-refractivity contribution in [3.63, 3.8) is 0 Å². The molecule has 0 saturated carbocycles. The maximum atomic E-state index is 13.1. The van der Waals surface area contributed by atoms with Crippen LogP contribution in [-0.4, -0.2) is 13.4 Å². The van der Waals surface area contributed by atoms with Crippen LogP contribution in [0.25, 0.3) is 11.1 Å². The van der Waals surface area contributed by atoms with Crippen molar-refractivity contribution in [1.29, 1.82) is 0 Å². The minimum absolute atomic E-state index is 0.230. The lowest BCUT2D eigenvalue weighted by molar-refractivity contribution is -0.107. The smallest absolute Gasteiger partial charge is 0.126 e. The standard InChI is InChI=1S/C22H19FO2/c1-25-22-10-7-18(13-17-5-8-20(23)9-6-17)15-21(22)19-4-2-3-16(14-19)11-12-24/h2-10,12,14-15H,11,13H2,1H3. The molecular formula is C22H19FO2. The third-order valence-corrected chi connectivity index (χ3v) is 4.14. The van der Waals surface area contributed by atoms with E-state index in [0.29, 0.717) is 12.8 Å². The summed E-state index contributed by atoms with van der Waals surface area (Å²) in [5.74, 6) is 0.553. The van der Waals surface area contributed by atoms with Crippen molar-refractivity contribution < 1.29 is 13.9 Å². The summed E-state index contributed by atoms with van der Waals surface area (Å²) in [4.78, 5) is 10.8. The Bertz CT molecular complexity index is 869. The molecule has 3 aromatic rings. The van der Waals surface area contributed by atoms with Crippen LogP contribution in [0.15, 0.2) is 66.7 Å². The maximum Gasteiger partial charge on any atom is 0.126 e. The highest BCUT2D eigenvalue weighted by Gasteiger charge is 2.09. The molecule has 0 bridgehead atoms. The summed E-state index contributed by atoms with van der Waals surface area (Å²) in [5, 5.41) is 0. The van der Waals surface area contributed by atoms with Gasteiger partial charge in [-0.3, -0.25) is 0 Å². The van der Waals surface area contributed by atoms with E-state index in [1.54, 1.807) is 19.2 Å². The fraction of sp³-hybridized carbons (Fsp3) is 0.136. The van der Waals surface area contributed by atoms with Crippen LogP contribution in [0.5, 0.6) is 5.75 Å². The highest BCUT2D eigenvalue weighted by molar-refractivity contribution is 5.72. The summed E-state index contributed by atoms with van der Waals surface area (Å²) in [6.07, 6.45) is 2.01. The van der Waals surface area contributed by atoms with E-state index in [9.17, 15) is 9.18 Å². The lowest BCUT2D eigenvalue weighted by Gasteiger charge is -2.12. The molecule has 0 saturated heterocycles. The van der Waals surface area contributed by atoms with Crippen LogP contribution in [0.3, 0.4) is 0 Å². The molecule has 0 unspecified atom stereocenters. The van der Waals surface area contributed by atoms with Gasteiger partial charge in [-0.05, 0) is 52.9 Å². The summed E-state index contributed by atoms with van der Waals surface area (Å²) in [5.41, 5.74) is 5.13. The van der Waals surface area contributed by atoms with Gasteiger partial charge in [0.25, 0.3) is 0 Å². The maximum absolute atomic E-state index is 13.1. The van der Waals surface area contributed by atoms with E-state index >= 15 is 0 Å². The third-order valence-electron chi connectivity index (χ3n) is 4.14. The second-order valence-electron chi connectivity index (χ2n) is 5.91. The summed E-state index contributed by atoms with van der Waals surface area (Å²) in [7, 11) is 1.65. The van der Waals surface area contributed by atoms with Gasteiger partial charge in [-0.25, -0.2) is 4.39 Å². The van der Waals surface area contributed by atoms with E-state index in [4.69, 9.17) is 4.74 Å². The first-order chi connectivity index (χ1) is 12.2. The number of aldehydes is 1. The average Bonchev–Trinajstić information content (AvgIpc) is 2.64. The van der Waals surface area contributed by atoms with Gasteiger partial charge < -0.3 is 9.53 Å². The van der Waals surface area contributed by atoms with Gasteiger partial charge in [-0.1, -0.05) is 42.5 Å². The molecular weight excluding hydrogens is 315 g/mol. The van der Waals surface area contributed by atoms with Crippen LogP contribution >= 0.6 is 0 Å². The summed E-state index contributed by atoms with van der Waals surface area (Å²) >= 11 is 0. The van der Waals surface area contributed by atoms with Crippen LogP contribution in [0.4, 0.5) is 4.39 Å². The van der Waals surface area contributed by atoms with E-state index in [-0.39, 0.29) is 5.82 Å². The second kappa shape index (κ2) is 7.75. The number of carbonyl (C=O) groups is 1. The number of ether oxygens (including phenoxy) is 1. The van der Waals surface area contributed by atoms with Crippen LogP contribution < -0.4 is 4.74 Å². The Kier molecular flexibility index (Phi) is 5.24. The first-order valence-corrected chi connectivity index (χ1v) is 8.14. The molecule has 25 heavy (non-hydrogen) atoms. The normalized spacial score (nSPS) is 10.5. The Morgan fingerprint density at radius 1 is 0.920 bits per heavy atom. The van der Waals surface area contributed by atoms with Crippen molar-refractivity contribution in [3.05, 3.63) is 89.2 Å². The molecule has 3 rings (SSSR count). The molecule has 0 fully saturated rings. The largest absolute Gasteiger partial charge is 0.496 e. The predicted octanol–water partition coefficient (Wildman–Crippen LogP) is 4.83. The van der Waals surface area contributed by atoms with Crippen molar-refractivity contribution in [1.82, 2.24) is 0 Å². The number of rotatable bonds is 6. The zero-order valence-electron chi connectivity index (χ0n) is 14.0. The zero-order valence-corrected chi connectivity index (χ0v) is 14.0. The van der Waals surface area contributed by atoms with Crippen LogP contribution in [-0.2, 0) is 17.6 Å². The van der Waals surface area contributed by atoms with E-state index in [1.807, 2.05) is 36.4 Å². The van der Waals surface area contributed by atoms with Crippen LogP contribution in [0.1, 0.15) is 16.7 Å². The van der Waals surface area contributed by atoms with Gasteiger partial charge in [0.2, 0.25) is 0 Å². The Morgan fingerprint density at radius 3 is 2.40 bits per heavy atom. The van der Waals surface area contributed by atoms with Gasteiger partial charge in [0.05, 0.1) is 7.11 Å². The van der Waals surface area contributed by atoms with Gasteiger partial charge in [0.15, 0.2) is 0 Å². The third kappa shape index (κ3) is 4.13. The number of hydrogen-bond acceptors (Lipinski definition) is 2. The molecule has 3 aromatic carbocycles. The Hall–Kier alpha value is -2.94. The number of methoxy groups -OCH3 is 1. The Balaban J connectivity index is 1.96. The van der Waals surface area contributed by atoms with Gasteiger partial charge in [0.1, 0.15) is 17.9 Å². The van der Waals surface area contributed by atoms with Crippen molar-refractivity contribution in [2.45, 2.75) is 12.8 Å². The summed E-state index contributed by atoms with van der Waals surface area (Å²) < 4.78 is 18.6. The second-order valence-corrected chi connectivity index (χ2v) is 5.91. The van der Waals surface area contributed by atoms with Crippen molar-refractivity contribution >= 4 is 6.29 Å². The van der Waals surface area contributed by atoms with E-state index in [2.05, 4.69) is 6.07 Å². The van der Waals surface area contributed by atoms with Crippen LogP contribution in [0, 0.1) is 5.82 Å². The minimum atomic E-state index is -0.230. The van der Waals surface area contributed by atoms with E-state index in [0.717, 1.165) is 39.9 Å². The summed E-state index contributed by atoms with van der Waals surface area (Å²) in [6.45, 7) is 0. The molecule has 0 aromatic heterocycles. The monoisotopic (exact) mass is 334 g/mol. The number of halogens is 1. The van der Waals surface area contributed by atoms with Crippen molar-refractivity contribution in [3.8, 4) is 16.9 Å². The van der Waals surface area contributed by atoms with Gasteiger partial charge in [-0.2, -0.15) is 0 Å². The fourth-order valence-corrected chi connectivity index (χ4v) is 2.89. The SMILES string of the molecule is COc1ccc(Cc2ccc(F)cc2)cc1-c1cccc(CC=O)c1. The predicted molar refractivity (Wildman–Crippen MR) is 97.4 cm³/mol. The molecule has 0 aliphatic carbocycles.